The van der Waals surface area contributed by atoms with Crippen molar-refractivity contribution in [1.82, 2.24) is 10.3 Å². The molecule has 0 fully saturated rings. The quantitative estimate of drug-likeness (QED) is 0.818. The number of pyridine rings is 1. The SMILES string of the molecule is CCOc1ccccc1Oc1ccc(CNC(=O)C(C)N)cn1. The predicted octanol–water partition coefficient (Wildman–Crippen LogP) is 2.24. The Balaban J connectivity index is 1.99. The zero-order valence-electron chi connectivity index (χ0n) is 13.3. The standard InChI is InChI=1S/C17H21N3O3/c1-3-22-14-6-4-5-7-15(14)23-16-9-8-13(10-19-16)11-20-17(21)12(2)18/h4-10,12H,3,11,18H2,1-2H3,(H,20,21). The predicted molar refractivity (Wildman–Crippen MR) is 87.4 cm³/mol. The first-order valence-corrected chi connectivity index (χ1v) is 7.48. The van der Waals surface area contributed by atoms with Gasteiger partial charge >= 0.3 is 0 Å². The molecule has 1 aromatic carbocycles. The lowest BCUT2D eigenvalue weighted by molar-refractivity contribution is -0.122. The van der Waals surface area contributed by atoms with Crippen LogP contribution in [-0.2, 0) is 11.3 Å². The Morgan fingerprint density at radius 2 is 2.00 bits per heavy atom. The fraction of sp³-hybridized carbons (Fsp3) is 0.294. The molecule has 2 rings (SSSR count). The van der Waals surface area contributed by atoms with E-state index in [4.69, 9.17) is 15.2 Å². The third-order valence-corrected chi connectivity index (χ3v) is 3.04. The van der Waals surface area contributed by atoms with Gasteiger partial charge in [0, 0.05) is 18.8 Å². The average molecular weight is 315 g/mol. The van der Waals surface area contributed by atoms with Crippen LogP contribution in [0.3, 0.4) is 0 Å². The van der Waals surface area contributed by atoms with Crippen LogP contribution in [0.1, 0.15) is 19.4 Å². The molecule has 0 radical (unpaired) electrons. The lowest BCUT2D eigenvalue weighted by Crippen LogP contribution is -2.37. The zero-order chi connectivity index (χ0) is 16.7. The van der Waals surface area contributed by atoms with Gasteiger partial charge in [-0.1, -0.05) is 18.2 Å². The van der Waals surface area contributed by atoms with Gasteiger partial charge in [0.25, 0.3) is 0 Å². The minimum absolute atomic E-state index is 0.198. The Morgan fingerprint density at radius 1 is 1.26 bits per heavy atom. The second-order valence-corrected chi connectivity index (χ2v) is 4.99. The van der Waals surface area contributed by atoms with E-state index in [1.807, 2.05) is 37.3 Å². The second-order valence-electron chi connectivity index (χ2n) is 4.99. The number of nitrogens with zero attached hydrogens (tertiary/aromatic N) is 1. The van der Waals surface area contributed by atoms with Gasteiger partial charge in [-0.2, -0.15) is 0 Å². The van der Waals surface area contributed by atoms with Crippen LogP contribution in [0.5, 0.6) is 17.4 Å². The Morgan fingerprint density at radius 3 is 2.61 bits per heavy atom. The van der Waals surface area contributed by atoms with Crippen molar-refractivity contribution in [2.75, 3.05) is 6.61 Å². The van der Waals surface area contributed by atoms with Crippen molar-refractivity contribution in [1.29, 1.82) is 0 Å². The Labute approximate surface area is 135 Å². The van der Waals surface area contributed by atoms with Crippen LogP contribution in [0.15, 0.2) is 42.6 Å². The summed E-state index contributed by atoms with van der Waals surface area (Å²) in [5.41, 5.74) is 6.35. The lowest BCUT2D eigenvalue weighted by atomic mass is 10.2. The number of rotatable bonds is 7. The molecule has 1 heterocycles. The normalized spacial score (nSPS) is 11.6. The molecule has 0 aliphatic rings. The fourth-order valence-corrected chi connectivity index (χ4v) is 1.85. The average Bonchev–Trinajstić information content (AvgIpc) is 2.56. The highest BCUT2D eigenvalue weighted by molar-refractivity contribution is 5.80. The molecule has 0 saturated heterocycles. The van der Waals surface area contributed by atoms with Crippen LogP contribution in [0, 0.1) is 0 Å². The van der Waals surface area contributed by atoms with Gasteiger partial charge in [-0.3, -0.25) is 4.79 Å². The van der Waals surface area contributed by atoms with Gasteiger partial charge in [0.1, 0.15) is 0 Å². The molecular weight excluding hydrogens is 294 g/mol. The van der Waals surface area contributed by atoms with Gasteiger partial charge in [-0.05, 0) is 31.5 Å². The summed E-state index contributed by atoms with van der Waals surface area (Å²) in [7, 11) is 0. The first-order chi connectivity index (χ1) is 11.1. The van der Waals surface area contributed by atoms with Crippen LogP contribution in [-0.4, -0.2) is 23.5 Å². The van der Waals surface area contributed by atoms with E-state index in [0.29, 0.717) is 30.5 Å². The molecule has 1 unspecified atom stereocenters. The first kappa shape index (κ1) is 16.8. The number of carbonyl (C=O) groups is 1. The van der Waals surface area contributed by atoms with E-state index in [-0.39, 0.29) is 5.91 Å². The van der Waals surface area contributed by atoms with Crippen molar-refractivity contribution >= 4 is 5.91 Å². The molecule has 122 valence electrons. The summed E-state index contributed by atoms with van der Waals surface area (Å²) in [6, 6.07) is 10.5. The second kappa shape index (κ2) is 8.14. The van der Waals surface area contributed by atoms with Crippen molar-refractivity contribution in [2.45, 2.75) is 26.4 Å². The van der Waals surface area contributed by atoms with Crippen LogP contribution in [0.25, 0.3) is 0 Å². The van der Waals surface area contributed by atoms with E-state index in [2.05, 4.69) is 10.3 Å². The first-order valence-electron chi connectivity index (χ1n) is 7.48. The molecule has 23 heavy (non-hydrogen) atoms. The number of para-hydroxylation sites is 2. The number of amides is 1. The third-order valence-electron chi connectivity index (χ3n) is 3.04. The van der Waals surface area contributed by atoms with Crippen molar-refractivity contribution < 1.29 is 14.3 Å². The van der Waals surface area contributed by atoms with E-state index in [0.717, 1.165) is 5.56 Å². The maximum atomic E-state index is 11.4. The van der Waals surface area contributed by atoms with E-state index < -0.39 is 6.04 Å². The van der Waals surface area contributed by atoms with Crippen LogP contribution >= 0.6 is 0 Å². The van der Waals surface area contributed by atoms with E-state index >= 15 is 0 Å². The third kappa shape index (κ3) is 4.96. The van der Waals surface area contributed by atoms with E-state index in [1.54, 1.807) is 19.2 Å². The summed E-state index contributed by atoms with van der Waals surface area (Å²) in [5.74, 6) is 1.54. The number of hydrogen-bond acceptors (Lipinski definition) is 5. The van der Waals surface area contributed by atoms with Crippen molar-refractivity contribution in [3.63, 3.8) is 0 Å². The van der Waals surface area contributed by atoms with Crippen molar-refractivity contribution in [2.24, 2.45) is 5.73 Å². The Hall–Kier alpha value is -2.60. The van der Waals surface area contributed by atoms with Gasteiger partial charge in [0.15, 0.2) is 11.5 Å². The Kier molecular flexibility index (Phi) is 5.94. The molecule has 0 aliphatic heterocycles. The molecule has 2 aromatic rings. The van der Waals surface area contributed by atoms with Crippen molar-refractivity contribution in [3.8, 4) is 17.4 Å². The topological polar surface area (TPSA) is 86.5 Å². The molecule has 0 bridgehead atoms. The molecule has 0 saturated carbocycles. The number of benzene rings is 1. The highest BCUT2D eigenvalue weighted by Crippen LogP contribution is 2.30. The zero-order valence-corrected chi connectivity index (χ0v) is 13.3. The number of nitrogens with one attached hydrogen (secondary N) is 1. The molecule has 6 heteroatoms. The summed E-state index contributed by atoms with van der Waals surface area (Å²) in [4.78, 5) is 15.7. The number of ether oxygens (including phenoxy) is 2. The van der Waals surface area contributed by atoms with Gasteiger partial charge in [0.05, 0.1) is 12.6 Å². The summed E-state index contributed by atoms with van der Waals surface area (Å²) >= 11 is 0. The van der Waals surface area contributed by atoms with Gasteiger partial charge < -0.3 is 20.5 Å². The number of nitrogens with two attached hydrogens (primary N) is 1. The smallest absolute Gasteiger partial charge is 0.236 e. The number of carbonyl (C=O) groups excluding carboxylic acids is 1. The van der Waals surface area contributed by atoms with Crippen LogP contribution in [0.2, 0.25) is 0 Å². The summed E-state index contributed by atoms with van der Waals surface area (Å²) < 4.78 is 11.2. The fourth-order valence-electron chi connectivity index (χ4n) is 1.85. The summed E-state index contributed by atoms with van der Waals surface area (Å²) in [6.45, 7) is 4.50. The molecular formula is C17H21N3O3. The maximum absolute atomic E-state index is 11.4. The summed E-state index contributed by atoms with van der Waals surface area (Å²) in [6.07, 6.45) is 1.65. The molecule has 3 N–H and O–H groups in total. The lowest BCUT2D eigenvalue weighted by Gasteiger charge is -2.11. The number of hydrogen-bond donors (Lipinski definition) is 2. The minimum atomic E-state index is -0.527. The Bertz CT molecular complexity index is 642. The number of aromatic nitrogens is 1. The van der Waals surface area contributed by atoms with Crippen LogP contribution < -0.4 is 20.5 Å². The highest BCUT2D eigenvalue weighted by Gasteiger charge is 2.08. The summed E-state index contributed by atoms with van der Waals surface area (Å²) in [5, 5.41) is 2.73. The van der Waals surface area contributed by atoms with Gasteiger partial charge in [0.2, 0.25) is 11.8 Å². The van der Waals surface area contributed by atoms with Crippen LogP contribution in [0.4, 0.5) is 0 Å². The van der Waals surface area contributed by atoms with Gasteiger partial charge in [-0.25, -0.2) is 4.98 Å². The van der Waals surface area contributed by atoms with E-state index in [1.165, 1.54) is 0 Å². The molecule has 0 aliphatic carbocycles. The van der Waals surface area contributed by atoms with E-state index in [9.17, 15) is 4.79 Å². The highest BCUT2D eigenvalue weighted by atomic mass is 16.5. The molecule has 1 amide bonds. The molecule has 1 aromatic heterocycles. The van der Waals surface area contributed by atoms with Crippen molar-refractivity contribution in [3.05, 3.63) is 48.2 Å². The molecule has 1 atom stereocenters. The largest absolute Gasteiger partial charge is 0.490 e. The molecule has 6 nitrogen and oxygen atoms in total. The monoisotopic (exact) mass is 315 g/mol. The van der Waals surface area contributed by atoms with Gasteiger partial charge in [-0.15, -0.1) is 0 Å². The maximum Gasteiger partial charge on any atom is 0.236 e. The molecule has 0 spiro atoms. The minimum Gasteiger partial charge on any atom is -0.490 e.